The van der Waals surface area contributed by atoms with Gasteiger partial charge in [-0.05, 0) is 12.1 Å². The number of rotatable bonds is 2. The molecule has 4 nitrogen and oxygen atoms in total. The second-order valence-corrected chi connectivity index (χ2v) is 4.31. The topological polar surface area (TPSA) is 69.9 Å². The summed E-state index contributed by atoms with van der Waals surface area (Å²) in [5, 5.41) is 18.4. The molecule has 1 unspecified atom stereocenters. The minimum atomic E-state index is -0.997. The molecular weight excluding hydrogens is 233 g/mol. The molecule has 0 bridgehead atoms. The average molecular weight is 241 g/mol. The van der Waals surface area contributed by atoms with Gasteiger partial charge in [0.25, 0.3) is 0 Å². The maximum Gasteiger partial charge on any atom is 0.329 e. The molecule has 1 aliphatic rings. The smallest absolute Gasteiger partial charge is 0.329 e. The van der Waals surface area contributed by atoms with Crippen molar-refractivity contribution in [1.29, 1.82) is 0 Å². The van der Waals surface area contributed by atoms with Gasteiger partial charge in [0.15, 0.2) is 6.04 Å². The van der Waals surface area contributed by atoms with Crippen LogP contribution in [0, 0.1) is 5.82 Å². The van der Waals surface area contributed by atoms with Crippen molar-refractivity contribution >= 4 is 22.8 Å². The minimum Gasteiger partial charge on any atom is -0.508 e. The predicted molar refractivity (Wildman–Crippen MR) is 58.5 cm³/mol. The number of benzene rings is 1. The number of carboxylic acid groups (broad SMARTS) is 1. The highest BCUT2D eigenvalue weighted by molar-refractivity contribution is 8.14. The van der Waals surface area contributed by atoms with Crippen LogP contribution in [0.1, 0.15) is 5.56 Å². The Morgan fingerprint density at radius 3 is 2.81 bits per heavy atom. The molecule has 1 aromatic carbocycles. The molecule has 0 saturated heterocycles. The summed E-state index contributed by atoms with van der Waals surface area (Å²) in [6.07, 6.45) is 0. The van der Waals surface area contributed by atoms with E-state index in [2.05, 4.69) is 4.99 Å². The third-order valence-corrected chi connectivity index (χ3v) is 3.16. The molecule has 2 N–H and O–H groups in total. The zero-order valence-corrected chi connectivity index (χ0v) is 8.87. The lowest BCUT2D eigenvalue weighted by Gasteiger charge is -2.00. The van der Waals surface area contributed by atoms with Gasteiger partial charge < -0.3 is 10.2 Å². The second kappa shape index (κ2) is 4.13. The van der Waals surface area contributed by atoms with Crippen LogP contribution in [0.15, 0.2) is 23.2 Å². The first-order valence-electron chi connectivity index (χ1n) is 4.49. The van der Waals surface area contributed by atoms with E-state index in [1.165, 1.54) is 23.9 Å². The molecule has 0 aliphatic carbocycles. The third kappa shape index (κ3) is 2.16. The Kier molecular flexibility index (Phi) is 2.82. The molecule has 1 heterocycles. The molecule has 1 atom stereocenters. The number of carbonyl (C=O) groups is 1. The van der Waals surface area contributed by atoms with Crippen LogP contribution in [0.5, 0.6) is 5.75 Å². The molecule has 0 aromatic heterocycles. The van der Waals surface area contributed by atoms with Crippen molar-refractivity contribution in [2.24, 2.45) is 4.99 Å². The van der Waals surface area contributed by atoms with Gasteiger partial charge in [-0.3, -0.25) is 4.99 Å². The fourth-order valence-corrected chi connectivity index (χ4v) is 2.38. The van der Waals surface area contributed by atoms with Gasteiger partial charge in [0.1, 0.15) is 11.6 Å². The van der Waals surface area contributed by atoms with Crippen molar-refractivity contribution in [3.63, 3.8) is 0 Å². The Hall–Kier alpha value is -1.56. The summed E-state index contributed by atoms with van der Waals surface area (Å²) >= 11 is 1.24. The monoisotopic (exact) mass is 241 g/mol. The molecule has 0 saturated carbocycles. The van der Waals surface area contributed by atoms with Crippen LogP contribution in [0.2, 0.25) is 0 Å². The number of hydrogen-bond donors (Lipinski definition) is 2. The summed E-state index contributed by atoms with van der Waals surface area (Å²) < 4.78 is 13.0. The molecule has 0 spiro atoms. The first-order chi connectivity index (χ1) is 7.56. The number of thioether (sulfide) groups is 1. The summed E-state index contributed by atoms with van der Waals surface area (Å²) in [6, 6.07) is 2.78. The van der Waals surface area contributed by atoms with Crippen molar-refractivity contribution in [1.82, 2.24) is 0 Å². The van der Waals surface area contributed by atoms with Gasteiger partial charge in [0, 0.05) is 17.4 Å². The van der Waals surface area contributed by atoms with Crippen LogP contribution in [0.25, 0.3) is 0 Å². The number of aromatic hydroxyl groups is 1. The second-order valence-electron chi connectivity index (χ2n) is 3.30. The van der Waals surface area contributed by atoms with Crippen LogP contribution in [0.4, 0.5) is 4.39 Å². The Labute approximate surface area is 94.8 Å². The first-order valence-corrected chi connectivity index (χ1v) is 5.48. The van der Waals surface area contributed by atoms with Crippen LogP contribution < -0.4 is 0 Å². The quantitative estimate of drug-likeness (QED) is 0.822. The molecule has 84 valence electrons. The van der Waals surface area contributed by atoms with Crippen molar-refractivity contribution in [2.75, 3.05) is 5.75 Å². The number of carboxylic acids is 1. The van der Waals surface area contributed by atoms with Crippen molar-refractivity contribution < 1.29 is 19.4 Å². The van der Waals surface area contributed by atoms with E-state index in [-0.39, 0.29) is 5.75 Å². The summed E-state index contributed by atoms with van der Waals surface area (Å²) in [5.41, 5.74) is 0.409. The van der Waals surface area contributed by atoms with Crippen molar-refractivity contribution in [2.45, 2.75) is 6.04 Å². The Bertz CT molecular complexity index is 455. The number of halogens is 1. The van der Waals surface area contributed by atoms with Gasteiger partial charge in [-0.15, -0.1) is 11.8 Å². The minimum absolute atomic E-state index is 0.197. The normalized spacial score (nSPS) is 19.6. The lowest BCUT2D eigenvalue weighted by Crippen LogP contribution is -2.17. The fraction of sp³-hybridized carbons (Fsp3) is 0.200. The zero-order valence-electron chi connectivity index (χ0n) is 8.05. The van der Waals surface area contributed by atoms with Gasteiger partial charge >= 0.3 is 5.97 Å². The van der Waals surface area contributed by atoms with E-state index >= 15 is 0 Å². The first kappa shape index (κ1) is 10.9. The number of hydrogen-bond acceptors (Lipinski definition) is 4. The summed E-state index contributed by atoms with van der Waals surface area (Å²) in [5.74, 6) is -1.43. The maximum atomic E-state index is 13.0. The Morgan fingerprint density at radius 2 is 2.25 bits per heavy atom. The van der Waals surface area contributed by atoms with Crippen LogP contribution in [-0.4, -0.2) is 33.0 Å². The van der Waals surface area contributed by atoms with E-state index in [0.29, 0.717) is 16.4 Å². The number of phenols is 1. The fourth-order valence-electron chi connectivity index (χ4n) is 1.36. The molecule has 1 aromatic rings. The highest BCUT2D eigenvalue weighted by atomic mass is 32.2. The molecular formula is C10H8FNO3S. The highest BCUT2D eigenvalue weighted by Gasteiger charge is 2.25. The largest absolute Gasteiger partial charge is 0.508 e. The summed E-state index contributed by atoms with van der Waals surface area (Å²) in [6.45, 7) is 0. The van der Waals surface area contributed by atoms with Crippen LogP contribution in [-0.2, 0) is 4.79 Å². The number of phenolic OH excluding ortho intramolecular Hbond substituents is 1. The van der Waals surface area contributed by atoms with Crippen LogP contribution >= 0.6 is 11.8 Å². The van der Waals surface area contributed by atoms with Gasteiger partial charge in [-0.25, -0.2) is 9.18 Å². The number of aliphatic imine (C=N–C) groups is 1. The highest BCUT2D eigenvalue weighted by Crippen LogP contribution is 2.26. The van der Waals surface area contributed by atoms with E-state index in [0.717, 1.165) is 6.07 Å². The SMILES string of the molecule is O=C(O)C1CSC(c2cc(O)cc(F)c2)=N1. The van der Waals surface area contributed by atoms with Gasteiger partial charge in [0.2, 0.25) is 0 Å². The number of aliphatic carboxylic acids is 1. The molecule has 1 aliphatic heterocycles. The zero-order chi connectivity index (χ0) is 11.7. The molecule has 16 heavy (non-hydrogen) atoms. The third-order valence-electron chi connectivity index (χ3n) is 2.07. The van der Waals surface area contributed by atoms with Crippen LogP contribution in [0.3, 0.4) is 0 Å². The Morgan fingerprint density at radius 1 is 1.50 bits per heavy atom. The molecule has 2 rings (SSSR count). The van der Waals surface area contributed by atoms with E-state index in [1.54, 1.807) is 0 Å². The molecule has 0 amide bonds. The number of nitrogens with zero attached hydrogens (tertiary/aromatic N) is 1. The predicted octanol–water partition coefficient (Wildman–Crippen LogP) is 1.48. The lowest BCUT2D eigenvalue weighted by molar-refractivity contribution is -0.137. The summed E-state index contributed by atoms with van der Waals surface area (Å²) in [7, 11) is 0. The van der Waals surface area contributed by atoms with Gasteiger partial charge in [-0.2, -0.15) is 0 Å². The van der Waals surface area contributed by atoms with E-state index in [4.69, 9.17) is 5.11 Å². The van der Waals surface area contributed by atoms with E-state index in [1.807, 2.05) is 0 Å². The average Bonchev–Trinajstić information content (AvgIpc) is 2.64. The van der Waals surface area contributed by atoms with Crippen molar-refractivity contribution in [3.8, 4) is 5.75 Å². The molecule has 0 radical (unpaired) electrons. The lowest BCUT2D eigenvalue weighted by atomic mass is 10.2. The Balaban J connectivity index is 2.32. The maximum absolute atomic E-state index is 13.0. The van der Waals surface area contributed by atoms with Gasteiger partial charge in [0.05, 0.1) is 5.04 Å². The van der Waals surface area contributed by atoms with Gasteiger partial charge in [-0.1, -0.05) is 0 Å². The molecule has 6 heteroatoms. The molecule has 0 fully saturated rings. The standard InChI is InChI=1S/C10H8FNO3S/c11-6-1-5(2-7(13)3-6)9-12-8(4-16-9)10(14)15/h1-3,8,13H,4H2,(H,14,15). The van der Waals surface area contributed by atoms with Crippen molar-refractivity contribution in [3.05, 3.63) is 29.6 Å². The summed E-state index contributed by atoms with van der Waals surface area (Å²) in [4.78, 5) is 14.6. The van der Waals surface area contributed by atoms with E-state index < -0.39 is 17.8 Å². The van der Waals surface area contributed by atoms with E-state index in [9.17, 15) is 14.3 Å².